The summed E-state index contributed by atoms with van der Waals surface area (Å²) in [7, 11) is 4.16. The summed E-state index contributed by atoms with van der Waals surface area (Å²) in [5.41, 5.74) is 0.848. The Kier molecular flexibility index (Phi) is 4.07. The van der Waals surface area contributed by atoms with Gasteiger partial charge in [0.2, 0.25) is 0 Å². The Hall–Kier alpha value is -0.580. The fourth-order valence-electron chi connectivity index (χ4n) is 2.27. The van der Waals surface area contributed by atoms with Crippen LogP contribution in [-0.4, -0.2) is 48.8 Å². The highest BCUT2D eigenvalue weighted by atomic mass is 35.5. The van der Waals surface area contributed by atoms with Gasteiger partial charge in [0, 0.05) is 26.2 Å². The van der Waals surface area contributed by atoms with E-state index in [-0.39, 0.29) is 0 Å². The molecule has 0 radical (unpaired) electrons. The molecule has 1 saturated heterocycles. The van der Waals surface area contributed by atoms with Gasteiger partial charge in [0.1, 0.15) is 0 Å². The zero-order chi connectivity index (χ0) is 12.4. The molecule has 6 heteroatoms. The second kappa shape index (κ2) is 5.38. The molecular formula is C11H16Cl2N4. The van der Waals surface area contributed by atoms with Gasteiger partial charge in [0.25, 0.3) is 0 Å². The summed E-state index contributed by atoms with van der Waals surface area (Å²) in [5, 5.41) is 8.32. The molecule has 0 aliphatic carbocycles. The summed E-state index contributed by atoms with van der Waals surface area (Å²) in [6.07, 6.45) is 1.23. The Bertz CT molecular complexity index is 399. The molecule has 0 aromatic carbocycles. The average Bonchev–Trinajstić information content (AvgIpc) is 2.67. The molecular weight excluding hydrogens is 259 g/mol. The van der Waals surface area contributed by atoms with Gasteiger partial charge in [-0.3, -0.25) is 0 Å². The number of likely N-dealkylation sites (tertiary alicyclic amines) is 1. The van der Waals surface area contributed by atoms with E-state index < -0.39 is 0 Å². The lowest BCUT2D eigenvalue weighted by Gasteiger charge is -2.23. The van der Waals surface area contributed by atoms with Crippen LogP contribution in [0.4, 0.5) is 5.69 Å². The van der Waals surface area contributed by atoms with E-state index in [9.17, 15) is 0 Å². The minimum atomic E-state index is 0.375. The number of hydrogen-bond acceptors (Lipinski definition) is 4. The van der Waals surface area contributed by atoms with Crippen LogP contribution < -0.4 is 4.90 Å². The summed E-state index contributed by atoms with van der Waals surface area (Å²) in [6.45, 7) is 3.27. The summed E-state index contributed by atoms with van der Waals surface area (Å²) in [6, 6.07) is 1.76. The van der Waals surface area contributed by atoms with Gasteiger partial charge in [-0.05, 0) is 25.9 Å². The van der Waals surface area contributed by atoms with Crippen molar-refractivity contribution in [1.82, 2.24) is 15.1 Å². The van der Waals surface area contributed by atoms with Gasteiger partial charge < -0.3 is 9.80 Å². The van der Waals surface area contributed by atoms with Crippen molar-refractivity contribution in [2.75, 3.05) is 38.6 Å². The normalized spacial score (nSPS) is 20.8. The lowest BCUT2D eigenvalue weighted by atomic mass is 10.1. The third-order valence-electron chi connectivity index (χ3n) is 3.13. The zero-order valence-electron chi connectivity index (χ0n) is 10.0. The van der Waals surface area contributed by atoms with Gasteiger partial charge in [0.15, 0.2) is 10.3 Å². The Labute approximate surface area is 112 Å². The van der Waals surface area contributed by atoms with E-state index in [0.29, 0.717) is 16.2 Å². The first-order valence-electron chi connectivity index (χ1n) is 5.64. The number of rotatable bonds is 3. The van der Waals surface area contributed by atoms with Crippen LogP contribution in [0.25, 0.3) is 0 Å². The third-order valence-corrected chi connectivity index (χ3v) is 3.59. The largest absolute Gasteiger partial charge is 0.372 e. The number of hydrogen-bond donors (Lipinski definition) is 0. The van der Waals surface area contributed by atoms with Crippen LogP contribution in [0.5, 0.6) is 0 Å². The van der Waals surface area contributed by atoms with Crippen LogP contribution in [0.15, 0.2) is 6.07 Å². The standard InChI is InChI=1S/C11H16Cl2N4/c1-16-4-3-8(6-16)7-17(2)9-5-10(12)14-15-11(9)13/h5,8H,3-4,6-7H2,1-2H3. The predicted octanol–water partition coefficient (Wildman–Crippen LogP) is 2.17. The van der Waals surface area contributed by atoms with Crippen LogP contribution in [-0.2, 0) is 0 Å². The second-order valence-corrected chi connectivity index (χ2v) is 5.39. The Balaban J connectivity index is 2.04. The number of anilines is 1. The van der Waals surface area contributed by atoms with E-state index in [0.717, 1.165) is 18.8 Å². The number of nitrogens with zero attached hydrogens (tertiary/aromatic N) is 4. The van der Waals surface area contributed by atoms with Gasteiger partial charge in [-0.2, -0.15) is 0 Å². The smallest absolute Gasteiger partial charge is 0.175 e. The minimum Gasteiger partial charge on any atom is -0.372 e. The molecule has 0 N–H and O–H groups in total. The first kappa shape index (κ1) is 12.9. The second-order valence-electron chi connectivity index (χ2n) is 4.64. The van der Waals surface area contributed by atoms with Crippen molar-refractivity contribution in [3.63, 3.8) is 0 Å². The van der Waals surface area contributed by atoms with E-state index in [1.165, 1.54) is 13.0 Å². The van der Waals surface area contributed by atoms with Gasteiger partial charge in [0.05, 0.1) is 5.69 Å². The molecule has 0 bridgehead atoms. The average molecular weight is 275 g/mol. The van der Waals surface area contributed by atoms with Crippen molar-refractivity contribution in [2.24, 2.45) is 5.92 Å². The third kappa shape index (κ3) is 3.21. The molecule has 0 spiro atoms. The van der Waals surface area contributed by atoms with Crippen molar-refractivity contribution in [3.8, 4) is 0 Å². The van der Waals surface area contributed by atoms with Gasteiger partial charge in [-0.1, -0.05) is 23.2 Å². The molecule has 1 aliphatic heterocycles. The van der Waals surface area contributed by atoms with Crippen LogP contribution in [0.3, 0.4) is 0 Å². The summed E-state index contributed by atoms with van der Waals surface area (Å²) in [4.78, 5) is 4.45. The van der Waals surface area contributed by atoms with Crippen molar-refractivity contribution < 1.29 is 0 Å². The van der Waals surface area contributed by atoms with E-state index in [2.05, 4.69) is 27.0 Å². The highest BCUT2D eigenvalue weighted by Gasteiger charge is 2.21. The van der Waals surface area contributed by atoms with Crippen LogP contribution in [0.1, 0.15) is 6.42 Å². The highest BCUT2D eigenvalue weighted by molar-refractivity contribution is 6.33. The highest BCUT2D eigenvalue weighted by Crippen LogP contribution is 2.26. The molecule has 94 valence electrons. The maximum Gasteiger partial charge on any atom is 0.175 e. The van der Waals surface area contributed by atoms with Crippen LogP contribution >= 0.6 is 23.2 Å². The quantitative estimate of drug-likeness (QED) is 0.846. The first-order chi connectivity index (χ1) is 8.06. The maximum atomic E-state index is 6.02. The van der Waals surface area contributed by atoms with Crippen molar-refractivity contribution in [3.05, 3.63) is 16.4 Å². The fraction of sp³-hybridized carbons (Fsp3) is 0.636. The molecule has 17 heavy (non-hydrogen) atoms. The molecule has 1 fully saturated rings. The van der Waals surface area contributed by atoms with E-state index in [1.807, 2.05) is 7.05 Å². The van der Waals surface area contributed by atoms with Crippen LogP contribution in [0, 0.1) is 5.92 Å². The monoisotopic (exact) mass is 274 g/mol. The molecule has 1 atom stereocenters. The van der Waals surface area contributed by atoms with Crippen LogP contribution in [0.2, 0.25) is 10.3 Å². The van der Waals surface area contributed by atoms with Gasteiger partial charge >= 0.3 is 0 Å². The van der Waals surface area contributed by atoms with E-state index in [1.54, 1.807) is 6.07 Å². The summed E-state index contributed by atoms with van der Waals surface area (Å²) < 4.78 is 0. The molecule has 0 saturated carbocycles. The molecule has 2 rings (SSSR count). The van der Waals surface area contributed by atoms with Crippen molar-refractivity contribution in [1.29, 1.82) is 0 Å². The molecule has 1 aromatic heterocycles. The lowest BCUT2D eigenvalue weighted by Crippen LogP contribution is -2.27. The van der Waals surface area contributed by atoms with Crippen molar-refractivity contribution >= 4 is 28.9 Å². The van der Waals surface area contributed by atoms with Gasteiger partial charge in [-0.15, -0.1) is 10.2 Å². The molecule has 4 nitrogen and oxygen atoms in total. The molecule has 1 unspecified atom stereocenters. The van der Waals surface area contributed by atoms with Gasteiger partial charge in [-0.25, -0.2) is 0 Å². The number of halogens is 2. The minimum absolute atomic E-state index is 0.375. The molecule has 1 aromatic rings. The zero-order valence-corrected chi connectivity index (χ0v) is 11.5. The first-order valence-corrected chi connectivity index (χ1v) is 6.40. The molecule has 0 amide bonds. The Morgan fingerprint density at radius 2 is 2.24 bits per heavy atom. The lowest BCUT2D eigenvalue weighted by molar-refractivity contribution is 0.396. The molecule has 1 aliphatic rings. The predicted molar refractivity (Wildman–Crippen MR) is 70.9 cm³/mol. The topological polar surface area (TPSA) is 32.3 Å². The maximum absolute atomic E-state index is 6.02. The fourth-order valence-corrected chi connectivity index (χ4v) is 2.65. The Morgan fingerprint density at radius 3 is 2.88 bits per heavy atom. The Morgan fingerprint density at radius 1 is 1.47 bits per heavy atom. The summed E-state index contributed by atoms with van der Waals surface area (Å²) >= 11 is 11.9. The number of aromatic nitrogens is 2. The van der Waals surface area contributed by atoms with E-state index in [4.69, 9.17) is 23.2 Å². The van der Waals surface area contributed by atoms with E-state index >= 15 is 0 Å². The van der Waals surface area contributed by atoms with Crippen molar-refractivity contribution in [2.45, 2.75) is 6.42 Å². The summed E-state index contributed by atoms with van der Waals surface area (Å²) in [5.74, 6) is 0.674. The molecule has 2 heterocycles. The SMILES string of the molecule is CN1CCC(CN(C)c2cc(Cl)nnc2Cl)C1.